The lowest BCUT2D eigenvalue weighted by molar-refractivity contribution is 0.176. The molecule has 0 radical (unpaired) electrons. The van der Waals surface area contributed by atoms with Crippen LogP contribution in [0.3, 0.4) is 0 Å². The first kappa shape index (κ1) is 14.8. The molecule has 0 aliphatic heterocycles. The Morgan fingerprint density at radius 1 is 1.32 bits per heavy atom. The molecule has 0 amide bonds. The summed E-state index contributed by atoms with van der Waals surface area (Å²) in [5.74, 6) is -0.342. The summed E-state index contributed by atoms with van der Waals surface area (Å²) in [6.07, 6.45) is -0.522. The molecule has 100 valence electrons. The van der Waals surface area contributed by atoms with Gasteiger partial charge in [0.1, 0.15) is 5.82 Å². The second kappa shape index (κ2) is 6.20. The second-order valence-electron chi connectivity index (χ2n) is 4.43. The smallest absolute Gasteiger partial charge is 0.126 e. The van der Waals surface area contributed by atoms with Gasteiger partial charge >= 0.3 is 0 Å². The summed E-state index contributed by atoms with van der Waals surface area (Å²) in [7, 11) is 0. The monoisotopic (exact) mass is 390 g/mol. The van der Waals surface area contributed by atoms with Gasteiger partial charge in [-0.05, 0) is 64.4 Å². The highest BCUT2D eigenvalue weighted by atomic mass is 127. The molecule has 19 heavy (non-hydrogen) atoms. The van der Waals surface area contributed by atoms with Crippen LogP contribution in [0.4, 0.5) is 4.39 Å². The summed E-state index contributed by atoms with van der Waals surface area (Å²) in [6.45, 7) is 1.98. The minimum atomic E-state index is -0.736. The third-order valence-corrected chi connectivity index (χ3v) is 4.71. The Morgan fingerprint density at radius 3 is 2.79 bits per heavy atom. The van der Waals surface area contributed by atoms with E-state index in [1.807, 2.05) is 25.1 Å². The predicted molar refractivity (Wildman–Crippen MR) is 84.0 cm³/mol. The predicted octanol–water partition coefficient (Wildman–Crippen LogP) is 4.67. The Morgan fingerprint density at radius 2 is 2.05 bits per heavy atom. The van der Waals surface area contributed by atoms with E-state index in [9.17, 15) is 9.50 Å². The summed E-state index contributed by atoms with van der Waals surface area (Å²) in [5.41, 5.74) is 2.35. The normalized spacial score (nSPS) is 12.5. The van der Waals surface area contributed by atoms with Gasteiger partial charge in [-0.15, -0.1) is 0 Å². The van der Waals surface area contributed by atoms with E-state index in [-0.39, 0.29) is 12.2 Å². The van der Waals surface area contributed by atoms with Crippen LogP contribution in [0.25, 0.3) is 0 Å². The minimum Gasteiger partial charge on any atom is -0.388 e. The minimum absolute atomic E-state index is 0.214. The van der Waals surface area contributed by atoms with E-state index in [0.717, 1.165) is 14.7 Å². The summed E-state index contributed by atoms with van der Waals surface area (Å²) in [5, 5.41) is 10.8. The molecular formula is C15H13ClFIO. The molecule has 0 spiro atoms. The Hall–Kier alpha value is -0.650. The fourth-order valence-electron chi connectivity index (χ4n) is 1.95. The average Bonchev–Trinajstić information content (AvgIpc) is 2.37. The van der Waals surface area contributed by atoms with Crippen LogP contribution in [-0.4, -0.2) is 5.11 Å². The van der Waals surface area contributed by atoms with E-state index in [1.54, 1.807) is 6.07 Å². The maximum Gasteiger partial charge on any atom is 0.126 e. The fraction of sp³-hybridized carbons (Fsp3) is 0.200. The maximum atomic E-state index is 13.7. The lowest BCUT2D eigenvalue weighted by Gasteiger charge is -2.15. The van der Waals surface area contributed by atoms with E-state index in [0.29, 0.717) is 10.6 Å². The SMILES string of the molecule is Cc1cccc(C(O)Cc2cc(Cl)ccc2F)c1I. The Balaban J connectivity index is 2.28. The van der Waals surface area contributed by atoms with E-state index >= 15 is 0 Å². The van der Waals surface area contributed by atoms with Gasteiger partial charge in [0.2, 0.25) is 0 Å². The quantitative estimate of drug-likeness (QED) is 0.755. The summed E-state index contributed by atoms with van der Waals surface area (Å²) in [4.78, 5) is 0. The number of halogens is 3. The molecular weight excluding hydrogens is 378 g/mol. The molecule has 0 saturated heterocycles. The number of aliphatic hydroxyl groups excluding tert-OH is 1. The van der Waals surface area contributed by atoms with Crippen molar-refractivity contribution in [1.82, 2.24) is 0 Å². The molecule has 1 atom stereocenters. The highest BCUT2D eigenvalue weighted by molar-refractivity contribution is 14.1. The van der Waals surface area contributed by atoms with Crippen LogP contribution in [0.15, 0.2) is 36.4 Å². The summed E-state index contributed by atoms with van der Waals surface area (Å²) < 4.78 is 14.7. The second-order valence-corrected chi connectivity index (χ2v) is 5.95. The molecule has 1 nitrogen and oxygen atoms in total. The Kier molecular flexibility index (Phi) is 4.81. The zero-order chi connectivity index (χ0) is 14.0. The van der Waals surface area contributed by atoms with E-state index in [2.05, 4.69) is 22.6 Å². The lowest BCUT2D eigenvalue weighted by atomic mass is 10.00. The average molecular weight is 391 g/mol. The van der Waals surface area contributed by atoms with Crippen LogP contribution >= 0.6 is 34.2 Å². The van der Waals surface area contributed by atoms with Gasteiger partial charge in [-0.3, -0.25) is 0 Å². The van der Waals surface area contributed by atoms with Crippen molar-refractivity contribution in [3.8, 4) is 0 Å². The first-order valence-corrected chi connectivity index (χ1v) is 7.31. The molecule has 2 rings (SSSR count). The van der Waals surface area contributed by atoms with E-state index < -0.39 is 6.10 Å². The largest absolute Gasteiger partial charge is 0.388 e. The number of aliphatic hydroxyl groups is 1. The van der Waals surface area contributed by atoms with Crippen molar-refractivity contribution in [2.24, 2.45) is 0 Å². The number of hydrogen-bond donors (Lipinski definition) is 1. The molecule has 0 fully saturated rings. The van der Waals surface area contributed by atoms with Gasteiger partial charge in [0.05, 0.1) is 6.10 Å². The van der Waals surface area contributed by atoms with Gasteiger partial charge in [0.25, 0.3) is 0 Å². The molecule has 1 N–H and O–H groups in total. The van der Waals surface area contributed by atoms with Crippen LogP contribution in [0, 0.1) is 16.3 Å². The van der Waals surface area contributed by atoms with Gasteiger partial charge < -0.3 is 5.11 Å². The van der Waals surface area contributed by atoms with Crippen LogP contribution in [0.2, 0.25) is 5.02 Å². The van der Waals surface area contributed by atoms with Gasteiger partial charge in [-0.2, -0.15) is 0 Å². The number of hydrogen-bond acceptors (Lipinski definition) is 1. The molecule has 0 aliphatic rings. The molecule has 0 aromatic heterocycles. The van der Waals surface area contributed by atoms with Gasteiger partial charge in [-0.25, -0.2) is 4.39 Å². The van der Waals surface area contributed by atoms with Crippen molar-refractivity contribution in [2.75, 3.05) is 0 Å². The van der Waals surface area contributed by atoms with Crippen LogP contribution in [0.1, 0.15) is 22.8 Å². The van der Waals surface area contributed by atoms with Gasteiger partial charge in [0.15, 0.2) is 0 Å². The van der Waals surface area contributed by atoms with Crippen molar-refractivity contribution in [3.63, 3.8) is 0 Å². The van der Waals surface area contributed by atoms with Crippen molar-refractivity contribution in [3.05, 3.63) is 67.5 Å². The standard InChI is InChI=1S/C15H13ClFIO/c1-9-3-2-4-12(15(9)18)14(19)8-10-7-11(16)5-6-13(10)17/h2-7,14,19H,8H2,1H3. The molecule has 4 heteroatoms. The molecule has 2 aromatic carbocycles. The Labute approximate surface area is 130 Å². The molecule has 0 aliphatic carbocycles. The molecule has 0 saturated carbocycles. The van der Waals surface area contributed by atoms with Crippen molar-refractivity contribution < 1.29 is 9.50 Å². The molecule has 2 aromatic rings. The third-order valence-electron chi connectivity index (χ3n) is 3.00. The summed E-state index contributed by atoms with van der Waals surface area (Å²) >= 11 is 8.05. The molecule has 1 unspecified atom stereocenters. The number of benzene rings is 2. The number of aryl methyl sites for hydroxylation is 1. The zero-order valence-electron chi connectivity index (χ0n) is 10.3. The molecule has 0 bridgehead atoms. The lowest BCUT2D eigenvalue weighted by Crippen LogP contribution is -2.06. The number of rotatable bonds is 3. The van der Waals surface area contributed by atoms with Crippen LogP contribution in [-0.2, 0) is 6.42 Å². The van der Waals surface area contributed by atoms with Crippen LogP contribution in [0.5, 0.6) is 0 Å². The van der Waals surface area contributed by atoms with Gasteiger partial charge in [-0.1, -0.05) is 29.8 Å². The Bertz CT molecular complexity index is 601. The highest BCUT2D eigenvalue weighted by Crippen LogP contribution is 2.27. The maximum absolute atomic E-state index is 13.7. The van der Waals surface area contributed by atoms with Crippen molar-refractivity contribution in [2.45, 2.75) is 19.4 Å². The first-order chi connectivity index (χ1) is 8.99. The van der Waals surface area contributed by atoms with Crippen molar-refractivity contribution in [1.29, 1.82) is 0 Å². The molecule has 0 heterocycles. The third kappa shape index (κ3) is 3.46. The highest BCUT2D eigenvalue weighted by Gasteiger charge is 2.15. The fourth-order valence-corrected chi connectivity index (χ4v) is 2.86. The van der Waals surface area contributed by atoms with E-state index in [1.165, 1.54) is 12.1 Å². The zero-order valence-corrected chi connectivity index (χ0v) is 13.2. The van der Waals surface area contributed by atoms with Crippen molar-refractivity contribution >= 4 is 34.2 Å². The topological polar surface area (TPSA) is 20.2 Å². The van der Waals surface area contributed by atoms with Gasteiger partial charge in [0, 0.05) is 15.0 Å². The van der Waals surface area contributed by atoms with E-state index in [4.69, 9.17) is 11.6 Å². The first-order valence-electron chi connectivity index (χ1n) is 5.86. The summed E-state index contributed by atoms with van der Waals surface area (Å²) in [6, 6.07) is 10.1. The van der Waals surface area contributed by atoms with Crippen LogP contribution < -0.4 is 0 Å².